The Morgan fingerprint density at radius 1 is 1.20 bits per heavy atom. The summed E-state index contributed by atoms with van der Waals surface area (Å²) in [5.41, 5.74) is 2.16. The van der Waals surface area contributed by atoms with Crippen molar-refractivity contribution in [1.82, 2.24) is 15.3 Å². The molecule has 1 aromatic heterocycles. The van der Waals surface area contributed by atoms with Crippen LogP contribution in [0, 0.1) is 13.8 Å². The highest BCUT2D eigenvalue weighted by atomic mass is 35.5. The Labute approximate surface area is 103 Å². The van der Waals surface area contributed by atoms with Crippen LogP contribution in [-0.4, -0.2) is 23.1 Å². The molecule has 0 bridgehead atoms. The minimum Gasteiger partial charge on any atom is -0.316 e. The molecule has 15 heavy (non-hydrogen) atoms. The molecule has 1 saturated heterocycles. The second-order valence-corrected chi connectivity index (χ2v) is 3.70. The van der Waals surface area contributed by atoms with Crippen molar-refractivity contribution in [3.8, 4) is 0 Å². The fourth-order valence-electron chi connectivity index (χ4n) is 1.81. The van der Waals surface area contributed by atoms with Crippen LogP contribution in [0.25, 0.3) is 0 Å². The molecule has 0 aliphatic carbocycles. The van der Waals surface area contributed by atoms with Gasteiger partial charge >= 0.3 is 0 Å². The van der Waals surface area contributed by atoms with Crippen molar-refractivity contribution in [1.29, 1.82) is 0 Å². The van der Waals surface area contributed by atoms with E-state index >= 15 is 0 Å². The molecular weight excluding hydrogens is 233 g/mol. The van der Waals surface area contributed by atoms with Gasteiger partial charge in [-0.3, -0.25) is 0 Å². The van der Waals surface area contributed by atoms with Gasteiger partial charge in [0.2, 0.25) is 0 Å². The standard InChI is InChI=1S/C10H15N3.2ClH/c1-7-5-8(2)13-10(12-7)9-3-4-11-6-9;;/h5,9,11H,3-4,6H2,1-2H3;2*1H. The van der Waals surface area contributed by atoms with Gasteiger partial charge in [-0.1, -0.05) is 0 Å². The molecule has 2 heterocycles. The van der Waals surface area contributed by atoms with Crippen molar-refractivity contribution in [2.45, 2.75) is 26.2 Å². The van der Waals surface area contributed by atoms with Crippen molar-refractivity contribution in [2.24, 2.45) is 0 Å². The first-order chi connectivity index (χ1) is 6.25. The Balaban J connectivity index is 0.000000980. The zero-order valence-corrected chi connectivity index (χ0v) is 10.6. The average Bonchev–Trinajstić information content (AvgIpc) is 2.53. The van der Waals surface area contributed by atoms with Crippen molar-refractivity contribution in [2.75, 3.05) is 13.1 Å². The van der Waals surface area contributed by atoms with Crippen molar-refractivity contribution in [3.05, 3.63) is 23.3 Å². The zero-order valence-electron chi connectivity index (χ0n) is 8.99. The Hall–Kier alpha value is -0.380. The van der Waals surface area contributed by atoms with E-state index in [9.17, 15) is 0 Å². The normalized spacial score (nSPS) is 19.2. The quantitative estimate of drug-likeness (QED) is 0.828. The minimum atomic E-state index is 0. The third-order valence-corrected chi connectivity index (χ3v) is 2.43. The molecule has 1 fully saturated rings. The van der Waals surface area contributed by atoms with Crippen molar-refractivity contribution in [3.63, 3.8) is 0 Å². The van der Waals surface area contributed by atoms with Gasteiger partial charge in [-0.2, -0.15) is 0 Å². The first kappa shape index (κ1) is 14.6. The molecule has 5 heteroatoms. The summed E-state index contributed by atoms with van der Waals surface area (Å²) in [6, 6.07) is 2.02. The molecular formula is C10H17Cl2N3. The molecule has 1 N–H and O–H groups in total. The topological polar surface area (TPSA) is 37.8 Å². The van der Waals surface area contributed by atoms with E-state index in [0.29, 0.717) is 5.92 Å². The molecule has 2 rings (SSSR count). The third-order valence-electron chi connectivity index (χ3n) is 2.43. The largest absolute Gasteiger partial charge is 0.316 e. The lowest BCUT2D eigenvalue weighted by Gasteiger charge is -2.08. The van der Waals surface area contributed by atoms with Crippen LogP contribution in [0.2, 0.25) is 0 Å². The van der Waals surface area contributed by atoms with Gasteiger partial charge in [-0.15, -0.1) is 24.8 Å². The van der Waals surface area contributed by atoms with E-state index in [2.05, 4.69) is 15.3 Å². The lowest BCUT2D eigenvalue weighted by molar-refractivity contribution is 0.692. The predicted molar refractivity (Wildman–Crippen MR) is 66.2 cm³/mol. The highest BCUT2D eigenvalue weighted by Crippen LogP contribution is 2.18. The zero-order chi connectivity index (χ0) is 9.26. The fourth-order valence-corrected chi connectivity index (χ4v) is 1.81. The van der Waals surface area contributed by atoms with E-state index in [1.807, 2.05) is 19.9 Å². The summed E-state index contributed by atoms with van der Waals surface area (Å²) >= 11 is 0. The number of halogens is 2. The van der Waals surface area contributed by atoms with Crippen molar-refractivity contribution >= 4 is 24.8 Å². The van der Waals surface area contributed by atoms with Crippen LogP contribution < -0.4 is 5.32 Å². The number of nitrogens with zero attached hydrogens (tertiary/aromatic N) is 2. The van der Waals surface area contributed by atoms with Gasteiger partial charge in [0.1, 0.15) is 5.82 Å². The van der Waals surface area contributed by atoms with Gasteiger partial charge < -0.3 is 5.32 Å². The maximum atomic E-state index is 4.46. The summed E-state index contributed by atoms with van der Waals surface area (Å²) in [5, 5.41) is 3.33. The van der Waals surface area contributed by atoms with Crippen LogP contribution in [0.1, 0.15) is 29.6 Å². The van der Waals surface area contributed by atoms with Crippen LogP contribution in [0.5, 0.6) is 0 Å². The number of hydrogen-bond acceptors (Lipinski definition) is 3. The van der Waals surface area contributed by atoms with Gasteiger partial charge in [-0.25, -0.2) is 9.97 Å². The molecule has 0 amide bonds. The lowest BCUT2D eigenvalue weighted by atomic mass is 10.1. The molecule has 1 unspecified atom stereocenters. The molecule has 0 spiro atoms. The average molecular weight is 250 g/mol. The number of rotatable bonds is 1. The van der Waals surface area contributed by atoms with E-state index in [4.69, 9.17) is 0 Å². The van der Waals surface area contributed by atoms with Gasteiger partial charge in [0.25, 0.3) is 0 Å². The molecule has 0 aromatic carbocycles. The van der Waals surface area contributed by atoms with E-state index in [-0.39, 0.29) is 24.8 Å². The molecule has 3 nitrogen and oxygen atoms in total. The summed E-state index contributed by atoms with van der Waals surface area (Å²) in [6.07, 6.45) is 1.17. The van der Waals surface area contributed by atoms with E-state index in [0.717, 1.165) is 30.3 Å². The summed E-state index contributed by atoms with van der Waals surface area (Å²) in [7, 11) is 0. The van der Waals surface area contributed by atoms with Crippen LogP contribution in [0.4, 0.5) is 0 Å². The molecule has 86 valence electrons. The SMILES string of the molecule is Cc1cc(C)nc(C2CCNC2)n1.Cl.Cl. The summed E-state index contributed by atoms with van der Waals surface area (Å²) in [5.74, 6) is 1.54. The fraction of sp³-hybridized carbons (Fsp3) is 0.600. The number of aryl methyl sites for hydroxylation is 2. The Morgan fingerprint density at radius 3 is 2.27 bits per heavy atom. The number of aromatic nitrogens is 2. The van der Waals surface area contributed by atoms with Crippen LogP contribution in [-0.2, 0) is 0 Å². The van der Waals surface area contributed by atoms with E-state index in [1.54, 1.807) is 0 Å². The number of nitrogens with one attached hydrogen (secondary N) is 1. The molecule has 1 aliphatic heterocycles. The highest BCUT2D eigenvalue weighted by molar-refractivity contribution is 5.85. The Bertz CT molecular complexity index is 291. The van der Waals surface area contributed by atoms with Crippen LogP contribution >= 0.6 is 24.8 Å². The summed E-state index contributed by atoms with van der Waals surface area (Å²) in [6.45, 7) is 6.19. The highest BCUT2D eigenvalue weighted by Gasteiger charge is 2.19. The van der Waals surface area contributed by atoms with Gasteiger partial charge in [0, 0.05) is 23.9 Å². The Morgan fingerprint density at radius 2 is 1.80 bits per heavy atom. The molecule has 1 aliphatic rings. The second-order valence-electron chi connectivity index (χ2n) is 3.70. The van der Waals surface area contributed by atoms with Gasteiger partial charge in [0.05, 0.1) is 0 Å². The number of hydrogen-bond donors (Lipinski definition) is 1. The van der Waals surface area contributed by atoms with E-state index in [1.165, 1.54) is 6.42 Å². The van der Waals surface area contributed by atoms with Crippen LogP contribution in [0.15, 0.2) is 6.07 Å². The molecule has 0 saturated carbocycles. The lowest BCUT2D eigenvalue weighted by Crippen LogP contribution is -2.11. The molecule has 1 aromatic rings. The minimum absolute atomic E-state index is 0. The Kier molecular flexibility index (Phi) is 6.10. The van der Waals surface area contributed by atoms with Gasteiger partial charge in [0.15, 0.2) is 0 Å². The van der Waals surface area contributed by atoms with Gasteiger partial charge in [-0.05, 0) is 32.9 Å². The molecule has 1 atom stereocenters. The monoisotopic (exact) mass is 249 g/mol. The third kappa shape index (κ3) is 3.59. The first-order valence-corrected chi connectivity index (χ1v) is 4.78. The smallest absolute Gasteiger partial charge is 0.133 e. The maximum Gasteiger partial charge on any atom is 0.133 e. The second kappa shape index (κ2) is 6.26. The predicted octanol–water partition coefficient (Wildman–Crippen LogP) is 2.01. The first-order valence-electron chi connectivity index (χ1n) is 4.78. The van der Waals surface area contributed by atoms with Crippen LogP contribution in [0.3, 0.4) is 0 Å². The summed E-state index contributed by atoms with van der Waals surface area (Å²) in [4.78, 5) is 8.93. The van der Waals surface area contributed by atoms with Crippen molar-refractivity contribution < 1.29 is 0 Å². The van der Waals surface area contributed by atoms with E-state index < -0.39 is 0 Å². The molecule has 0 radical (unpaired) electrons. The maximum absolute atomic E-state index is 4.46. The summed E-state index contributed by atoms with van der Waals surface area (Å²) < 4.78 is 0.